The smallest absolute Gasteiger partial charge is 0.337 e. The fourth-order valence-electron chi connectivity index (χ4n) is 2.92. The Hall–Kier alpha value is -1.42. The Labute approximate surface area is 159 Å². The number of aliphatic hydroxyl groups excluding tert-OH is 5. The fraction of sp³-hybridized carbons (Fsp3) is 0.867. The SMILES string of the molecule is COC(=O)[C@H]1O[C@@H](O[C@H]2[C@H](O)[C@@H](O)[C@H](OC)O[C@@H]2C(=O)OC)[C@H](O)[C@@H](O)[C@H]1O. The van der Waals surface area contributed by atoms with Gasteiger partial charge in [-0.3, -0.25) is 0 Å². The largest absolute Gasteiger partial charge is 0.467 e. The lowest BCUT2D eigenvalue weighted by atomic mass is 9.96. The molecule has 0 aromatic heterocycles. The predicted molar refractivity (Wildman–Crippen MR) is 83.3 cm³/mol. The van der Waals surface area contributed by atoms with Crippen molar-refractivity contribution in [3.63, 3.8) is 0 Å². The van der Waals surface area contributed by atoms with Gasteiger partial charge >= 0.3 is 11.9 Å². The third-order valence-electron chi connectivity index (χ3n) is 4.50. The van der Waals surface area contributed by atoms with Crippen molar-refractivity contribution in [2.24, 2.45) is 0 Å². The zero-order valence-corrected chi connectivity index (χ0v) is 15.3. The molecule has 0 aliphatic carbocycles. The molecule has 0 aromatic rings. The second-order valence-corrected chi connectivity index (χ2v) is 6.19. The number of hydrogen-bond donors (Lipinski definition) is 5. The van der Waals surface area contributed by atoms with Gasteiger partial charge < -0.3 is 54.0 Å². The first-order valence-electron chi connectivity index (χ1n) is 8.23. The number of carbonyl (C=O) groups is 2. The molecule has 2 aliphatic heterocycles. The van der Waals surface area contributed by atoms with Gasteiger partial charge in [0, 0.05) is 7.11 Å². The maximum atomic E-state index is 12.0. The second kappa shape index (κ2) is 9.39. The van der Waals surface area contributed by atoms with Gasteiger partial charge in [0.1, 0.15) is 36.6 Å². The number of hydrogen-bond acceptors (Lipinski definition) is 13. The number of rotatable bonds is 5. The van der Waals surface area contributed by atoms with Crippen molar-refractivity contribution in [2.75, 3.05) is 21.3 Å². The van der Waals surface area contributed by atoms with E-state index < -0.39 is 73.4 Å². The van der Waals surface area contributed by atoms with Crippen LogP contribution in [0.5, 0.6) is 0 Å². The van der Waals surface area contributed by atoms with Crippen molar-refractivity contribution in [3.8, 4) is 0 Å². The lowest BCUT2D eigenvalue weighted by molar-refractivity contribution is -0.348. The van der Waals surface area contributed by atoms with Crippen LogP contribution in [0.4, 0.5) is 0 Å². The summed E-state index contributed by atoms with van der Waals surface area (Å²) in [6, 6.07) is 0. The Morgan fingerprint density at radius 3 is 1.71 bits per heavy atom. The number of methoxy groups -OCH3 is 3. The van der Waals surface area contributed by atoms with E-state index in [2.05, 4.69) is 9.47 Å². The van der Waals surface area contributed by atoms with Gasteiger partial charge in [-0.05, 0) is 0 Å². The molecule has 5 N–H and O–H groups in total. The summed E-state index contributed by atoms with van der Waals surface area (Å²) in [5.41, 5.74) is 0. The summed E-state index contributed by atoms with van der Waals surface area (Å²) < 4.78 is 29.6. The molecular formula is C15H24O13. The molecule has 28 heavy (non-hydrogen) atoms. The van der Waals surface area contributed by atoms with Gasteiger partial charge in [0.2, 0.25) is 0 Å². The van der Waals surface area contributed by atoms with E-state index >= 15 is 0 Å². The van der Waals surface area contributed by atoms with Crippen LogP contribution in [-0.2, 0) is 38.0 Å². The maximum absolute atomic E-state index is 12.0. The van der Waals surface area contributed by atoms with E-state index in [9.17, 15) is 35.1 Å². The normalized spacial score (nSPS) is 44.0. The van der Waals surface area contributed by atoms with Crippen LogP contribution in [0.3, 0.4) is 0 Å². The molecule has 162 valence electrons. The molecule has 13 nitrogen and oxygen atoms in total. The average Bonchev–Trinajstić information content (AvgIpc) is 2.70. The minimum atomic E-state index is -1.88. The summed E-state index contributed by atoms with van der Waals surface area (Å²) in [6.45, 7) is 0. The average molecular weight is 412 g/mol. The molecule has 0 radical (unpaired) electrons. The van der Waals surface area contributed by atoms with Gasteiger partial charge in [-0.2, -0.15) is 0 Å². The minimum absolute atomic E-state index is 0.992. The number of aliphatic hydroxyl groups is 5. The lowest BCUT2D eigenvalue weighted by Gasteiger charge is -2.44. The third-order valence-corrected chi connectivity index (χ3v) is 4.50. The summed E-state index contributed by atoms with van der Waals surface area (Å²) in [5, 5.41) is 50.3. The highest BCUT2D eigenvalue weighted by atomic mass is 16.7. The zero-order chi connectivity index (χ0) is 21.2. The van der Waals surface area contributed by atoms with E-state index in [0.717, 1.165) is 14.2 Å². The van der Waals surface area contributed by atoms with Crippen LogP contribution < -0.4 is 0 Å². The van der Waals surface area contributed by atoms with E-state index in [0.29, 0.717) is 0 Å². The van der Waals surface area contributed by atoms with Crippen molar-refractivity contribution < 1.29 is 63.5 Å². The van der Waals surface area contributed by atoms with E-state index in [-0.39, 0.29) is 0 Å². The molecule has 10 atom stereocenters. The van der Waals surface area contributed by atoms with Gasteiger partial charge in [0.15, 0.2) is 24.8 Å². The zero-order valence-electron chi connectivity index (χ0n) is 15.3. The Morgan fingerprint density at radius 2 is 1.18 bits per heavy atom. The van der Waals surface area contributed by atoms with E-state index in [1.165, 1.54) is 7.11 Å². The van der Waals surface area contributed by atoms with Crippen molar-refractivity contribution in [3.05, 3.63) is 0 Å². The van der Waals surface area contributed by atoms with E-state index in [4.69, 9.17) is 18.9 Å². The molecule has 0 amide bonds. The molecule has 2 rings (SSSR count). The van der Waals surface area contributed by atoms with Crippen LogP contribution >= 0.6 is 0 Å². The van der Waals surface area contributed by atoms with Crippen LogP contribution in [-0.4, -0.2) is 120 Å². The van der Waals surface area contributed by atoms with Gasteiger partial charge in [0.25, 0.3) is 0 Å². The first-order valence-corrected chi connectivity index (χ1v) is 8.23. The quantitative estimate of drug-likeness (QED) is 0.272. The van der Waals surface area contributed by atoms with Gasteiger partial charge in [-0.25, -0.2) is 9.59 Å². The molecule has 2 heterocycles. The van der Waals surface area contributed by atoms with Crippen molar-refractivity contribution in [2.45, 2.75) is 61.4 Å². The summed E-state index contributed by atoms with van der Waals surface area (Å²) >= 11 is 0. The van der Waals surface area contributed by atoms with E-state index in [1.54, 1.807) is 0 Å². The fourth-order valence-corrected chi connectivity index (χ4v) is 2.92. The van der Waals surface area contributed by atoms with Gasteiger partial charge in [-0.1, -0.05) is 0 Å². The first-order chi connectivity index (χ1) is 13.2. The Balaban J connectivity index is 2.25. The van der Waals surface area contributed by atoms with Crippen molar-refractivity contribution >= 4 is 11.9 Å². The second-order valence-electron chi connectivity index (χ2n) is 6.19. The Bertz CT molecular complexity index is 556. The summed E-state index contributed by atoms with van der Waals surface area (Å²) in [7, 11) is 3.23. The number of ether oxygens (including phenoxy) is 6. The van der Waals surface area contributed by atoms with Crippen LogP contribution in [0.1, 0.15) is 0 Å². The maximum Gasteiger partial charge on any atom is 0.337 e. The molecule has 0 unspecified atom stereocenters. The van der Waals surface area contributed by atoms with Gasteiger partial charge in [0.05, 0.1) is 14.2 Å². The molecule has 0 bridgehead atoms. The van der Waals surface area contributed by atoms with Gasteiger partial charge in [-0.15, -0.1) is 0 Å². The lowest BCUT2D eigenvalue weighted by Crippen LogP contribution is -2.65. The first kappa shape index (κ1) is 22.9. The molecule has 0 aromatic carbocycles. The predicted octanol–water partition coefficient (Wildman–Crippen LogP) is -4.38. The molecule has 0 spiro atoms. The molecule has 2 aliphatic rings. The number of carbonyl (C=O) groups excluding carboxylic acids is 2. The van der Waals surface area contributed by atoms with Crippen LogP contribution in [0, 0.1) is 0 Å². The summed E-state index contributed by atoms with van der Waals surface area (Å²) in [4.78, 5) is 23.7. The Kier molecular flexibility index (Phi) is 7.66. The highest BCUT2D eigenvalue weighted by Crippen LogP contribution is 2.30. The summed E-state index contributed by atoms with van der Waals surface area (Å²) in [5.74, 6) is -2.05. The van der Waals surface area contributed by atoms with Crippen LogP contribution in [0.2, 0.25) is 0 Å². The number of esters is 2. The summed E-state index contributed by atoms with van der Waals surface area (Å²) in [6.07, 6.45) is -17.1. The molecule has 2 saturated heterocycles. The van der Waals surface area contributed by atoms with Crippen LogP contribution in [0.25, 0.3) is 0 Å². The topological polar surface area (TPSA) is 191 Å². The molecular weight excluding hydrogens is 388 g/mol. The highest BCUT2D eigenvalue weighted by molar-refractivity contribution is 5.76. The highest BCUT2D eigenvalue weighted by Gasteiger charge is 2.54. The van der Waals surface area contributed by atoms with Crippen molar-refractivity contribution in [1.82, 2.24) is 0 Å². The van der Waals surface area contributed by atoms with Crippen molar-refractivity contribution in [1.29, 1.82) is 0 Å². The van der Waals surface area contributed by atoms with Crippen LogP contribution in [0.15, 0.2) is 0 Å². The standard InChI is InChI=1S/C15H24O13/c1-23-12(21)10-5(17)4(16)7(19)15(27-10)26-9-6(18)8(20)14(25-3)28-11(9)13(22)24-2/h4-11,14-20H,1-3H3/t4-,5+,6+,7+,8+,9-,10-,11-,14+,15+/m0/s1. The third kappa shape index (κ3) is 4.27. The molecule has 0 saturated carbocycles. The monoisotopic (exact) mass is 412 g/mol. The molecule has 2 fully saturated rings. The van der Waals surface area contributed by atoms with E-state index in [1.807, 2.05) is 0 Å². The Morgan fingerprint density at radius 1 is 0.679 bits per heavy atom. The molecule has 13 heteroatoms. The minimum Gasteiger partial charge on any atom is -0.467 e.